The van der Waals surface area contributed by atoms with Gasteiger partial charge in [-0.1, -0.05) is 19.9 Å². The number of benzene rings is 2. The monoisotopic (exact) mass is 455 g/mol. The fourth-order valence-corrected chi connectivity index (χ4v) is 3.60. The minimum absolute atomic E-state index is 0.0344. The molecule has 2 aromatic carbocycles. The molecule has 4 rings (SSSR count). The molecule has 4 N–H and O–H groups in total. The van der Waals surface area contributed by atoms with E-state index in [2.05, 4.69) is 15.6 Å². The van der Waals surface area contributed by atoms with Crippen LogP contribution in [0.5, 0.6) is 0 Å². The van der Waals surface area contributed by atoms with E-state index in [0.717, 1.165) is 29.1 Å². The zero-order chi connectivity index (χ0) is 23.8. The summed E-state index contributed by atoms with van der Waals surface area (Å²) in [4.78, 5) is 21.2. The van der Waals surface area contributed by atoms with E-state index < -0.39 is 17.8 Å². The van der Waals surface area contributed by atoms with Crippen molar-refractivity contribution in [3.05, 3.63) is 83.5 Å². The molecule has 2 aliphatic rings. The molecule has 1 unspecified atom stereocenters. The number of amidine groups is 1. The maximum Gasteiger partial charge on any atom is 0.416 e. The van der Waals surface area contributed by atoms with Crippen LogP contribution >= 0.6 is 0 Å². The highest BCUT2D eigenvalue weighted by atomic mass is 19.4. The summed E-state index contributed by atoms with van der Waals surface area (Å²) in [6.07, 6.45) is 0.587. The molecule has 2 aliphatic heterocycles. The number of aliphatic imine (C=N–C) groups is 2. The van der Waals surface area contributed by atoms with Crippen LogP contribution in [0.2, 0.25) is 0 Å². The molecule has 2 heterocycles. The van der Waals surface area contributed by atoms with Crippen LogP contribution in [0.15, 0.2) is 82.3 Å². The number of rotatable bonds is 4. The van der Waals surface area contributed by atoms with Gasteiger partial charge in [0.1, 0.15) is 11.9 Å². The number of hydrogen-bond acceptors (Lipinski definition) is 4. The third kappa shape index (κ3) is 4.43. The Morgan fingerprint density at radius 2 is 1.76 bits per heavy atom. The fourth-order valence-electron chi connectivity index (χ4n) is 3.60. The molecule has 1 atom stereocenters. The number of quaternary nitrogens is 1. The lowest BCUT2D eigenvalue weighted by molar-refractivity contribution is -0.750. The van der Waals surface area contributed by atoms with Gasteiger partial charge in [0.2, 0.25) is 5.70 Å². The predicted octanol–water partition coefficient (Wildman–Crippen LogP) is 5.22. The van der Waals surface area contributed by atoms with Crippen molar-refractivity contribution in [2.45, 2.75) is 20.0 Å². The number of nitrogens with two attached hydrogens (primary N) is 1. The number of anilines is 2. The van der Waals surface area contributed by atoms with Crippen molar-refractivity contribution in [1.82, 2.24) is 0 Å². The minimum atomic E-state index is -4.49. The van der Waals surface area contributed by atoms with Gasteiger partial charge >= 0.3 is 12.2 Å². The van der Waals surface area contributed by atoms with Crippen molar-refractivity contribution in [3.8, 4) is 0 Å². The standard InChI is InChI=1S/C23H21F3N6O/c1-14(2)20-19-13-28-10-11-32(19,27)21(31-20)15-6-8-17(9-7-15)29-22(33)30-18-5-3-4-16(12-18)23(24,25)26/h3-14H,27H2,1-2H3,(H-,28,29,30,31,33)/p+1. The Balaban J connectivity index is 1.48. The molecule has 0 saturated carbocycles. The quantitative estimate of drug-likeness (QED) is 0.436. The van der Waals surface area contributed by atoms with Gasteiger partial charge in [-0.2, -0.15) is 24.0 Å². The molecular formula is C23H22F3N6O+. The summed E-state index contributed by atoms with van der Waals surface area (Å²) in [5.74, 6) is 7.40. The van der Waals surface area contributed by atoms with E-state index >= 15 is 0 Å². The van der Waals surface area contributed by atoms with E-state index in [0.29, 0.717) is 11.5 Å². The van der Waals surface area contributed by atoms with Crippen molar-refractivity contribution >= 4 is 29.5 Å². The zero-order valence-electron chi connectivity index (χ0n) is 17.9. The third-order valence-electron chi connectivity index (χ3n) is 5.22. The highest BCUT2D eigenvalue weighted by Gasteiger charge is 2.44. The van der Waals surface area contributed by atoms with Crippen LogP contribution in [-0.2, 0) is 6.18 Å². The summed E-state index contributed by atoms with van der Waals surface area (Å²) in [5, 5.41) is 5.01. The average Bonchev–Trinajstić information content (AvgIpc) is 3.07. The number of nitrogens with one attached hydrogen (secondary N) is 2. The molecule has 0 radical (unpaired) electrons. The van der Waals surface area contributed by atoms with E-state index in [-0.39, 0.29) is 16.2 Å². The van der Waals surface area contributed by atoms with Crippen molar-refractivity contribution in [2.24, 2.45) is 21.7 Å². The maximum absolute atomic E-state index is 12.9. The first-order valence-electron chi connectivity index (χ1n) is 10.2. The third-order valence-corrected chi connectivity index (χ3v) is 5.22. The van der Waals surface area contributed by atoms with E-state index in [1.807, 2.05) is 13.8 Å². The highest BCUT2D eigenvalue weighted by molar-refractivity contribution is 6.02. The maximum atomic E-state index is 12.9. The Labute approximate surface area is 188 Å². The van der Waals surface area contributed by atoms with Gasteiger partial charge in [0.05, 0.1) is 23.5 Å². The first-order chi connectivity index (χ1) is 15.6. The minimum Gasteiger partial charge on any atom is -0.308 e. The number of carbonyl (C=O) groups excluding carboxylic acids is 1. The van der Waals surface area contributed by atoms with Crippen LogP contribution in [0.25, 0.3) is 0 Å². The van der Waals surface area contributed by atoms with Gasteiger partial charge in [0.25, 0.3) is 5.84 Å². The Morgan fingerprint density at radius 3 is 2.42 bits per heavy atom. The summed E-state index contributed by atoms with van der Waals surface area (Å²) < 4.78 is 38.5. The van der Waals surface area contributed by atoms with Crippen molar-refractivity contribution in [3.63, 3.8) is 0 Å². The number of fused-ring (bicyclic) bond motifs is 1. The normalized spacial score (nSPS) is 19.5. The number of carbonyl (C=O) groups is 1. The zero-order valence-corrected chi connectivity index (χ0v) is 17.9. The molecule has 2 aromatic rings. The number of nitrogens with zero attached hydrogens (tertiary/aromatic N) is 3. The number of amides is 2. The van der Waals surface area contributed by atoms with Crippen LogP contribution in [-0.4, -0.2) is 22.7 Å². The lowest BCUT2D eigenvalue weighted by atomic mass is 10.1. The summed E-state index contributed by atoms with van der Waals surface area (Å²) >= 11 is 0. The van der Waals surface area contributed by atoms with Crippen LogP contribution < -0.4 is 16.5 Å². The van der Waals surface area contributed by atoms with Gasteiger partial charge in [0.15, 0.2) is 0 Å². The Bertz CT molecular complexity index is 1210. The van der Waals surface area contributed by atoms with Crippen LogP contribution in [0.1, 0.15) is 25.0 Å². The molecule has 0 aliphatic carbocycles. The SMILES string of the molecule is CC(C)C1=C2C=NC=C[N+]2(N)C(c2ccc(NC(=O)Nc3cccc(C(F)(F)F)c3)cc2)=N1. The van der Waals surface area contributed by atoms with E-state index in [1.165, 1.54) is 12.1 Å². The van der Waals surface area contributed by atoms with Gasteiger partial charge < -0.3 is 10.6 Å². The smallest absolute Gasteiger partial charge is 0.308 e. The van der Waals surface area contributed by atoms with E-state index in [1.54, 1.807) is 42.9 Å². The number of hydrogen-bond donors (Lipinski definition) is 3. The van der Waals surface area contributed by atoms with Crippen LogP contribution in [0, 0.1) is 5.92 Å². The van der Waals surface area contributed by atoms with E-state index in [9.17, 15) is 18.0 Å². The average molecular weight is 455 g/mol. The van der Waals surface area contributed by atoms with Crippen molar-refractivity contribution in [2.75, 3.05) is 10.6 Å². The van der Waals surface area contributed by atoms with Gasteiger partial charge in [-0.25, -0.2) is 4.79 Å². The number of urea groups is 1. The largest absolute Gasteiger partial charge is 0.416 e. The van der Waals surface area contributed by atoms with Gasteiger partial charge in [-0.15, -0.1) is 4.59 Å². The lowest BCUT2D eigenvalue weighted by Gasteiger charge is -2.26. The molecule has 0 spiro atoms. The molecule has 0 saturated heterocycles. The molecule has 10 heteroatoms. The molecule has 7 nitrogen and oxygen atoms in total. The fraction of sp³-hybridized carbons (Fsp3) is 0.174. The van der Waals surface area contributed by atoms with Crippen molar-refractivity contribution < 1.29 is 22.6 Å². The number of halogens is 3. The summed E-state index contributed by atoms with van der Waals surface area (Å²) in [5.41, 5.74) is 2.06. The van der Waals surface area contributed by atoms with Crippen LogP contribution in [0.3, 0.4) is 0 Å². The van der Waals surface area contributed by atoms with Gasteiger partial charge in [-0.05, 0) is 42.5 Å². The topological polar surface area (TPSA) is 91.9 Å². The Morgan fingerprint density at radius 1 is 1.06 bits per heavy atom. The molecule has 33 heavy (non-hydrogen) atoms. The molecule has 2 amide bonds. The highest BCUT2D eigenvalue weighted by Crippen LogP contribution is 2.34. The molecule has 170 valence electrons. The number of allylic oxidation sites excluding steroid dienone is 2. The first kappa shape index (κ1) is 22.4. The number of alkyl halides is 3. The lowest BCUT2D eigenvalue weighted by Crippen LogP contribution is -2.53. The van der Waals surface area contributed by atoms with Gasteiger partial charge in [-0.3, -0.25) is 4.99 Å². The van der Waals surface area contributed by atoms with E-state index in [4.69, 9.17) is 10.8 Å². The molecular weight excluding hydrogens is 433 g/mol. The van der Waals surface area contributed by atoms with Crippen LogP contribution in [0.4, 0.5) is 29.3 Å². The summed E-state index contributed by atoms with van der Waals surface area (Å²) in [6.45, 7) is 4.06. The second kappa shape index (κ2) is 8.30. The summed E-state index contributed by atoms with van der Waals surface area (Å²) in [7, 11) is 0. The van der Waals surface area contributed by atoms with Gasteiger partial charge in [0, 0.05) is 17.3 Å². The molecule has 0 fully saturated rings. The second-order valence-corrected chi connectivity index (χ2v) is 7.95. The first-order valence-corrected chi connectivity index (χ1v) is 10.2. The van der Waals surface area contributed by atoms with Crippen molar-refractivity contribution in [1.29, 1.82) is 0 Å². The Kier molecular flexibility index (Phi) is 5.64. The predicted molar refractivity (Wildman–Crippen MR) is 121 cm³/mol. The summed E-state index contributed by atoms with van der Waals surface area (Å²) in [6, 6.07) is 10.6. The molecule has 0 bridgehead atoms. The second-order valence-electron chi connectivity index (χ2n) is 7.95. The Hall–Kier alpha value is -3.76. The molecule has 0 aromatic heterocycles.